The van der Waals surface area contributed by atoms with Gasteiger partial charge in [-0.05, 0) is 34.2 Å². The Balaban J connectivity index is 2.37. The molecule has 1 N–H and O–H groups in total. The highest BCUT2D eigenvalue weighted by molar-refractivity contribution is 9.10. The number of nitrogens with one attached hydrogen (secondary N) is 1. The number of fused-ring (bicyclic) bond motifs is 1. The van der Waals surface area contributed by atoms with E-state index in [1.807, 2.05) is 0 Å². The van der Waals surface area contributed by atoms with E-state index >= 15 is 0 Å². The van der Waals surface area contributed by atoms with E-state index in [0.29, 0.717) is 5.52 Å². The lowest BCUT2D eigenvalue weighted by molar-refractivity contribution is 0.446. The summed E-state index contributed by atoms with van der Waals surface area (Å²) in [6.07, 6.45) is 0. The van der Waals surface area contributed by atoms with Crippen molar-refractivity contribution in [1.82, 2.24) is 9.55 Å². The van der Waals surface area contributed by atoms with Crippen molar-refractivity contribution >= 4 is 39.2 Å². The molecule has 3 rings (SSSR count). The lowest BCUT2D eigenvalue weighted by Crippen LogP contribution is -1.99. The van der Waals surface area contributed by atoms with Crippen LogP contribution in [0.25, 0.3) is 16.7 Å². The van der Waals surface area contributed by atoms with Crippen molar-refractivity contribution in [3.8, 4) is 5.69 Å². The molecule has 0 bridgehead atoms. The number of rotatable bonds is 1. The lowest BCUT2D eigenvalue weighted by atomic mass is 10.2. The van der Waals surface area contributed by atoms with Crippen LogP contribution < -0.4 is 0 Å². The third kappa shape index (κ3) is 2.28. The van der Waals surface area contributed by atoms with E-state index in [2.05, 4.69) is 20.9 Å². The van der Waals surface area contributed by atoms with Gasteiger partial charge in [-0.2, -0.15) is 0 Å². The van der Waals surface area contributed by atoms with E-state index in [0.717, 1.165) is 18.2 Å². The standard InChI is InChI=1S/C13H5BrF4N2S/c14-6-3-10-11(4-7(6)15)20(13(21)19-10)5-1-8(16)12(18)9(17)2-5/h1-4H,(H,19,21). The maximum atomic E-state index is 13.7. The van der Waals surface area contributed by atoms with Gasteiger partial charge in [0.1, 0.15) is 5.82 Å². The van der Waals surface area contributed by atoms with E-state index in [-0.39, 0.29) is 20.4 Å². The number of hydrogen-bond acceptors (Lipinski definition) is 1. The summed E-state index contributed by atoms with van der Waals surface area (Å²) in [6, 6.07) is 4.20. The molecule has 0 saturated heterocycles. The molecule has 0 spiro atoms. The number of hydrogen-bond donors (Lipinski definition) is 1. The van der Waals surface area contributed by atoms with Gasteiger partial charge >= 0.3 is 0 Å². The molecule has 0 amide bonds. The van der Waals surface area contributed by atoms with Crippen molar-refractivity contribution in [2.24, 2.45) is 0 Å². The van der Waals surface area contributed by atoms with Gasteiger partial charge < -0.3 is 4.98 Å². The molecule has 2 nitrogen and oxygen atoms in total. The van der Waals surface area contributed by atoms with Gasteiger partial charge in [0.05, 0.1) is 21.2 Å². The third-order valence-electron chi connectivity index (χ3n) is 2.95. The van der Waals surface area contributed by atoms with Crippen LogP contribution in [0, 0.1) is 28.0 Å². The van der Waals surface area contributed by atoms with Gasteiger partial charge in [-0.1, -0.05) is 0 Å². The average molecular weight is 377 g/mol. The number of aromatic amines is 1. The molecular weight excluding hydrogens is 372 g/mol. The zero-order chi connectivity index (χ0) is 15.3. The summed E-state index contributed by atoms with van der Waals surface area (Å²) in [7, 11) is 0. The van der Waals surface area contributed by atoms with Crippen LogP contribution in [0.4, 0.5) is 17.6 Å². The molecule has 1 heterocycles. The molecule has 0 aliphatic rings. The number of nitrogens with zero attached hydrogens (tertiary/aromatic N) is 1. The first-order valence-corrected chi connectivity index (χ1v) is 6.83. The first kappa shape index (κ1) is 14.3. The van der Waals surface area contributed by atoms with Crippen molar-refractivity contribution < 1.29 is 17.6 Å². The maximum absolute atomic E-state index is 13.7. The highest BCUT2D eigenvalue weighted by Gasteiger charge is 2.15. The molecular formula is C13H5BrF4N2S. The van der Waals surface area contributed by atoms with Gasteiger partial charge in [-0.15, -0.1) is 0 Å². The molecule has 0 aliphatic carbocycles. The van der Waals surface area contributed by atoms with Crippen molar-refractivity contribution in [3.63, 3.8) is 0 Å². The Kier molecular flexibility index (Phi) is 3.37. The van der Waals surface area contributed by atoms with Crippen molar-refractivity contribution in [3.05, 3.63) is 56.8 Å². The second-order valence-corrected chi connectivity index (χ2v) is 5.51. The van der Waals surface area contributed by atoms with Crippen LogP contribution in [0.1, 0.15) is 0 Å². The van der Waals surface area contributed by atoms with Crippen LogP contribution >= 0.6 is 28.1 Å². The Morgan fingerprint density at radius 1 is 0.952 bits per heavy atom. The van der Waals surface area contributed by atoms with Crippen molar-refractivity contribution in [1.29, 1.82) is 0 Å². The molecule has 108 valence electrons. The second-order valence-electron chi connectivity index (χ2n) is 4.27. The predicted molar refractivity (Wildman–Crippen MR) is 76.0 cm³/mol. The van der Waals surface area contributed by atoms with E-state index in [9.17, 15) is 17.6 Å². The summed E-state index contributed by atoms with van der Waals surface area (Å²) in [5.41, 5.74) is 0.717. The molecule has 0 fully saturated rings. The molecule has 0 unspecified atom stereocenters. The zero-order valence-electron chi connectivity index (χ0n) is 10.1. The predicted octanol–water partition coefficient (Wildman–Crippen LogP) is 5.01. The zero-order valence-corrected chi connectivity index (χ0v) is 12.5. The van der Waals surface area contributed by atoms with Crippen LogP contribution in [0.5, 0.6) is 0 Å². The highest BCUT2D eigenvalue weighted by Crippen LogP contribution is 2.26. The highest BCUT2D eigenvalue weighted by atomic mass is 79.9. The van der Waals surface area contributed by atoms with Crippen LogP contribution in [0.2, 0.25) is 0 Å². The third-order valence-corrected chi connectivity index (χ3v) is 3.84. The monoisotopic (exact) mass is 376 g/mol. The summed E-state index contributed by atoms with van der Waals surface area (Å²) >= 11 is 8.10. The molecule has 0 radical (unpaired) electrons. The molecule has 2 aromatic carbocycles. The summed E-state index contributed by atoms with van der Waals surface area (Å²) in [6.45, 7) is 0. The normalized spacial score (nSPS) is 11.3. The minimum absolute atomic E-state index is 0.0376. The van der Waals surface area contributed by atoms with Gasteiger partial charge in [0.15, 0.2) is 22.2 Å². The van der Waals surface area contributed by atoms with Crippen LogP contribution in [-0.4, -0.2) is 9.55 Å². The number of imidazole rings is 1. The maximum Gasteiger partial charge on any atom is 0.194 e. The topological polar surface area (TPSA) is 20.7 Å². The fraction of sp³-hybridized carbons (Fsp3) is 0. The fourth-order valence-corrected chi connectivity index (χ4v) is 2.69. The Hall–Kier alpha value is -1.67. The van der Waals surface area contributed by atoms with E-state index in [1.165, 1.54) is 10.6 Å². The van der Waals surface area contributed by atoms with Crippen LogP contribution in [0.3, 0.4) is 0 Å². The number of H-pyrrole nitrogens is 1. The van der Waals surface area contributed by atoms with Gasteiger partial charge in [0.25, 0.3) is 0 Å². The van der Waals surface area contributed by atoms with Crippen LogP contribution in [-0.2, 0) is 0 Å². The van der Waals surface area contributed by atoms with Gasteiger partial charge in [-0.3, -0.25) is 4.57 Å². The Bertz CT molecular complexity index is 909. The molecule has 8 heteroatoms. The molecule has 1 aromatic heterocycles. The number of halogens is 5. The van der Waals surface area contributed by atoms with Gasteiger partial charge in [0, 0.05) is 18.2 Å². The minimum Gasteiger partial charge on any atom is -0.330 e. The summed E-state index contributed by atoms with van der Waals surface area (Å²) in [5, 5.41) is 0. The molecule has 21 heavy (non-hydrogen) atoms. The smallest absolute Gasteiger partial charge is 0.194 e. The number of aromatic nitrogens is 2. The summed E-state index contributed by atoms with van der Waals surface area (Å²) < 4.78 is 54.9. The van der Waals surface area contributed by atoms with Gasteiger partial charge in [-0.25, -0.2) is 17.6 Å². The Labute approximate surface area is 129 Å². The van der Waals surface area contributed by atoms with Gasteiger partial charge in [0.2, 0.25) is 0 Å². The fourth-order valence-electron chi connectivity index (χ4n) is 2.03. The molecule has 0 saturated carbocycles. The quantitative estimate of drug-likeness (QED) is 0.359. The van der Waals surface area contributed by atoms with E-state index in [4.69, 9.17) is 12.2 Å². The van der Waals surface area contributed by atoms with E-state index < -0.39 is 23.3 Å². The van der Waals surface area contributed by atoms with Crippen molar-refractivity contribution in [2.75, 3.05) is 0 Å². The number of benzene rings is 2. The SMILES string of the molecule is Fc1cc2c(cc1Br)[nH]c(=S)n2-c1cc(F)c(F)c(F)c1. The first-order chi connectivity index (χ1) is 9.88. The lowest BCUT2D eigenvalue weighted by Gasteiger charge is -2.06. The Morgan fingerprint density at radius 2 is 1.57 bits per heavy atom. The first-order valence-electron chi connectivity index (χ1n) is 5.63. The Morgan fingerprint density at radius 3 is 2.19 bits per heavy atom. The van der Waals surface area contributed by atoms with E-state index in [1.54, 1.807) is 0 Å². The second kappa shape index (κ2) is 4.96. The van der Waals surface area contributed by atoms with Crippen LogP contribution in [0.15, 0.2) is 28.7 Å². The summed E-state index contributed by atoms with van der Waals surface area (Å²) in [4.78, 5) is 2.79. The molecule has 0 atom stereocenters. The minimum atomic E-state index is -1.57. The summed E-state index contributed by atoms with van der Waals surface area (Å²) in [5.74, 6) is -4.83. The molecule has 3 aromatic rings. The molecule has 0 aliphatic heterocycles. The average Bonchev–Trinajstić information content (AvgIpc) is 2.71. The van der Waals surface area contributed by atoms with Crippen molar-refractivity contribution in [2.45, 2.75) is 0 Å². The largest absolute Gasteiger partial charge is 0.330 e.